The van der Waals surface area contributed by atoms with Crippen LogP contribution in [0, 0.1) is 5.92 Å². The molecule has 0 aliphatic carbocycles. The van der Waals surface area contributed by atoms with Gasteiger partial charge in [-0.05, 0) is 30.0 Å². The molecule has 2 aliphatic rings. The molecule has 0 radical (unpaired) electrons. The Bertz CT molecular complexity index is 590. The number of hydrogen-bond acceptors (Lipinski definition) is 5. The Labute approximate surface area is 134 Å². The third-order valence-electron chi connectivity index (χ3n) is 3.92. The van der Waals surface area contributed by atoms with Crippen molar-refractivity contribution < 1.29 is 19.1 Å². The average molecular weight is 321 g/mol. The van der Waals surface area contributed by atoms with Crippen molar-refractivity contribution in [3.8, 4) is 11.5 Å². The number of likely N-dealkylation sites (tertiary alicyclic amines) is 1. The molecule has 0 N–H and O–H groups in total. The van der Waals surface area contributed by atoms with E-state index >= 15 is 0 Å². The Morgan fingerprint density at radius 2 is 2.18 bits per heavy atom. The summed E-state index contributed by atoms with van der Waals surface area (Å²) in [6.07, 6.45) is 1.36. The van der Waals surface area contributed by atoms with Crippen molar-refractivity contribution in [1.82, 2.24) is 4.90 Å². The van der Waals surface area contributed by atoms with E-state index in [1.165, 1.54) is 11.8 Å². The van der Waals surface area contributed by atoms with Gasteiger partial charge in [-0.15, -0.1) is 0 Å². The van der Waals surface area contributed by atoms with Crippen molar-refractivity contribution >= 4 is 22.8 Å². The van der Waals surface area contributed by atoms with Gasteiger partial charge in [0.25, 0.3) is 0 Å². The zero-order chi connectivity index (χ0) is 15.5. The first kappa shape index (κ1) is 15.2. The van der Waals surface area contributed by atoms with Crippen molar-refractivity contribution in [2.75, 3.05) is 25.6 Å². The lowest BCUT2D eigenvalue weighted by atomic mass is 10.1. The normalized spacial score (nSPS) is 19.8. The second-order valence-electron chi connectivity index (χ2n) is 5.65. The van der Waals surface area contributed by atoms with Crippen LogP contribution in [0.15, 0.2) is 18.2 Å². The van der Waals surface area contributed by atoms with Crippen molar-refractivity contribution in [3.05, 3.63) is 23.8 Å². The van der Waals surface area contributed by atoms with E-state index in [4.69, 9.17) is 9.47 Å². The summed E-state index contributed by atoms with van der Waals surface area (Å²) in [6.45, 7) is 3.31. The summed E-state index contributed by atoms with van der Waals surface area (Å²) in [5.41, 5.74) is 1.14. The number of carbonyl (C=O) groups excluding carboxylic acids is 2. The molecule has 1 saturated heterocycles. The van der Waals surface area contributed by atoms with E-state index in [2.05, 4.69) is 0 Å². The SMILES string of the molecule is CC(=O)SCC1CC(=O)N(CCc2ccc3c(c2)OCO3)C1. The molecule has 5 nitrogen and oxygen atoms in total. The van der Waals surface area contributed by atoms with Gasteiger partial charge in [-0.25, -0.2) is 0 Å². The second kappa shape index (κ2) is 6.60. The van der Waals surface area contributed by atoms with Crippen LogP contribution in [0.3, 0.4) is 0 Å². The van der Waals surface area contributed by atoms with Gasteiger partial charge >= 0.3 is 0 Å². The highest BCUT2D eigenvalue weighted by Gasteiger charge is 2.29. The first-order valence-corrected chi connectivity index (χ1v) is 8.40. The number of amides is 1. The minimum absolute atomic E-state index is 0.117. The van der Waals surface area contributed by atoms with Crippen LogP contribution >= 0.6 is 11.8 Å². The summed E-state index contributed by atoms with van der Waals surface area (Å²) >= 11 is 1.31. The van der Waals surface area contributed by atoms with E-state index < -0.39 is 0 Å². The van der Waals surface area contributed by atoms with Crippen LogP contribution in [0.1, 0.15) is 18.9 Å². The summed E-state index contributed by atoms with van der Waals surface area (Å²) in [5.74, 6) is 2.78. The minimum Gasteiger partial charge on any atom is -0.454 e. The highest BCUT2D eigenvalue weighted by atomic mass is 32.2. The fourth-order valence-corrected chi connectivity index (χ4v) is 3.47. The number of rotatable bonds is 5. The summed E-state index contributed by atoms with van der Waals surface area (Å²) in [5, 5.41) is 0.117. The fourth-order valence-electron chi connectivity index (χ4n) is 2.78. The molecule has 2 aliphatic heterocycles. The molecule has 2 heterocycles. The van der Waals surface area contributed by atoms with Gasteiger partial charge < -0.3 is 14.4 Å². The van der Waals surface area contributed by atoms with Crippen molar-refractivity contribution in [3.63, 3.8) is 0 Å². The number of hydrogen-bond donors (Lipinski definition) is 0. The predicted octanol–water partition coefficient (Wildman–Crippen LogP) is 2.09. The topological polar surface area (TPSA) is 55.8 Å². The largest absolute Gasteiger partial charge is 0.454 e. The molecule has 0 aromatic heterocycles. The summed E-state index contributed by atoms with van der Waals surface area (Å²) in [4.78, 5) is 24.9. The number of fused-ring (bicyclic) bond motifs is 1. The van der Waals surface area contributed by atoms with Crippen LogP contribution in [0.4, 0.5) is 0 Å². The van der Waals surface area contributed by atoms with Gasteiger partial charge in [-0.2, -0.15) is 0 Å². The number of carbonyl (C=O) groups is 2. The van der Waals surface area contributed by atoms with Crippen molar-refractivity contribution in [2.45, 2.75) is 19.8 Å². The maximum absolute atomic E-state index is 12.0. The maximum atomic E-state index is 12.0. The van der Waals surface area contributed by atoms with Crippen molar-refractivity contribution in [2.24, 2.45) is 5.92 Å². The lowest BCUT2D eigenvalue weighted by Gasteiger charge is -2.16. The van der Waals surface area contributed by atoms with E-state index in [0.29, 0.717) is 13.0 Å². The molecule has 3 rings (SSSR count). The minimum atomic E-state index is 0.117. The molecule has 1 unspecified atom stereocenters. The van der Waals surface area contributed by atoms with Gasteiger partial charge in [0.1, 0.15) is 0 Å². The Balaban J connectivity index is 1.51. The third-order valence-corrected chi connectivity index (χ3v) is 4.97. The molecule has 0 spiro atoms. The quantitative estimate of drug-likeness (QED) is 0.831. The molecule has 22 heavy (non-hydrogen) atoms. The van der Waals surface area contributed by atoms with Gasteiger partial charge in [-0.3, -0.25) is 9.59 Å². The molecule has 6 heteroatoms. The Kier molecular flexibility index (Phi) is 4.57. The van der Waals surface area contributed by atoms with Gasteiger partial charge in [-0.1, -0.05) is 17.8 Å². The molecular formula is C16H19NO4S. The molecule has 0 bridgehead atoms. The van der Waals surface area contributed by atoms with E-state index in [0.717, 1.165) is 35.8 Å². The molecule has 1 aromatic rings. The van der Waals surface area contributed by atoms with Crippen LogP contribution < -0.4 is 9.47 Å². The molecule has 118 valence electrons. The van der Waals surface area contributed by atoms with E-state index in [-0.39, 0.29) is 23.7 Å². The molecule has 1 fully saturated rings. The first-order chi connectivity index (χ1) is 10.6. The summed E-state index contributed by atoms with van der Waals surface area (Å²) in [6, 6.07) is 5.90. The third kappa shape index (κ3) is 3.55. The molecule has 1 amide bonds. The van der Waals surface area contributed by atoms with Gasteiger partial charge in [0.15, 0.2) is 16.6 Å². The maximum Gasteiger partial charge on any atom is 0.231 e. The zero-order valence-corrected chi connectivity index (χ0v) is 13.4. The van der Waals surface area contributed by atoms with Crippen LogP contribution in [-0.4, -0.2) is 41.6 Å². The van der Waals surface area contributed by atoms with E-state index in [9.17, 15) is 9.59 Å². The Morgan fingerprint density at radius 3 is 3.00 bits per heavy atom. The van der Waals surface area contributed by atoms with Crippen LogP contribution in [0.5, 0.6) is 11.5 Å². The molecule has 1 atom stereocenters. The fraction of sp³-hybridized carbons (Fsp3) is 0.500. The predicted molar refractivity (Wildman–Crippen MR) is 84.1 cm³/mol. The number of nitrogens with zero attached hydrogens (tertiary/aromatic N) is 1. The average Bonchev–Trinajstić information content (AvgIpc) is 3.08. The molecular weight excluding hydrogens is 302 g/mol. The molecule has 1 aromatic carbocycles. The van der Waals surface area contributed by atoms with Gasteiger partial charge in [0.05, 0.1) is 0 Å². The monoisotopic (exact) mass is 321 g/mol. The highest BCUT2D eigenvalue weighted by Crippen LogP contribution is 2.32. The Morgan fingerprint density at radius 1 is 1.36 bits per heavy atom. The smallest absolute Gasteiger partial charge is 0.231 e. The van der Waals surface area contributed by atoms with E-state index in [1.807, 2.05) is 23.1 Å². The Hall–Kier alpha value is -1.69. The number of benzene rings is 1. The highest BCUT2D eigenvalue weighted by molar-refractivity contribution is 8.13. The van der Waals surface area contributed by atoms with E-state index in [1.54, 1.807) is 6.92 Å². The lowest BCUT2D eigenvalue weighted by molar-refractivity contribution is -0.127. The standard InChI is InChI=1S/C16H19NO4S/c1-11(18)22-9-13-7-16(19)17(8-13)5-4-12-2-3-14-15(6-12)21-10-20-14/h2-3,6,13H,4-5,7-10H2,1H3. The van der Waals surface area contributed by atoms with Gasteiger partial charge in [0, 0.05) is 32.2 Å². The van der Waals surface area contributed by atoms with Crippen LogP contribution in [0.25, 0.3) is 0 Å². The van der Waals surface area contributed by atoms with Crippen LogP contribution in [0.2, 0.25) is 0 Å². The second-order valence-corrected chi connectivity index (χ2v) is 6.85. The number of thioether (sulfide) groups is 1. The zero-order valence-electron chi connectivity index (χ0n) is 12.5. The van der Waals surface area contributed by atoms with Crippen molar-refractivity contribution in [1.29, 1.82) is 0 Å². The molecule has 0 saturated carbocycles. The van der Waals surface area contributed by atoms with Crippen LogP contribution in [-0.2, 0) is 16.0 Å². The summed E-state index contributed by atoms with van der Waals surface area (Å²) < 4.78 is 10.7. The lowest BCUT2D eigenvalue weighted by Crippen LogP contribution is -2.27. The first-order valence-electron chi connectivity index (χ1n) is 7.41. The number of ether oxygens (including phenoxy) is 2. The van der Waals surface area contributed by atoms with Gasteiger partial charge in [0.2, 0.25) is 12.7 Å². The summed E-state index contributed by atoms with van der Waals surface area (Å²) in [7, 11) is 0.